The van der Waals surface area contributed by atoms with Crippen LogP contribution in [0.4, 0.5) is 0 Å². The summed E-state index contributed by atoms with van der Waals surface area (Å²) in [7, 11) is 0. The molecule has 68 valence electrons. The normalized spacial score (nSPS) is 40.8. The minimum Gasteiger partial charge on any atom is -0.368 e. The van der Waals surface area contributed by atoms with Gasteiger partial charge in [-0.2, -0.15) is 0 Å². The summed E-state index contributed by atoms with van der Waals surface area (Å²) < 4.78 is 0. The topological polar surface area (TPSA) is 55.1 Å². The first kappa shape index (κ1) is 8.05. The van der Waals surface area contributed by atoms with Crippen LogP contribution in [0.5, 0.6) is 0 Å². The fourth-order valence-electron chi connectivity index (χ4n) is 2.54. The van der Waals surface area contributed by atoms with Crippen molar-refractivity contribution in [2.75, 3.05) is 0 Å². The number of fused-ring (bicyclic) bond motifs is 1. The second kappa shape index (κ2) is 3.05. The Hall–Kier alpha value is -0.570. The number of carbonyl (C=O) groups excluding carboxylic acids is 1. The Morgan fingerprint density at radius 3 is 2.75 bits per heavy atom. The molecular formula is C9H16N2O. The summed E-state index contributed by atoms with van der Waals surface area (Å²) >= 11 is 0. The lowest BCUT2D eigenvalue weighted by molar-refractivity contribution is -0.119. The largest absolute Gasteiger partial charge is 0.368 e. The van der Waals surface area contributed by atoms with Gasteiger partial charge in [-0.05, 0) is 25.2 Å². The van der Waals surface area contributed by atoms with E-state index in [2.05, 4.69) is 5.32 Å². The van der Waals surface area contributed by atoms with E-state index in [4.69, 9.17) is 5.73 Å². The summed E-state index contributed by atoms with van der Waals surface area (Å²) in [4.78, 5) is 10.9. The van der Waals surface area contributed by atoms with Crippen molar-refractivity contribution < 1.29 is 4.79 Å². The molecule has 0 aromatic carbocycles. The summed E-state index contributed by atoms with van der Waals surface area (Å²) in [6.07, 6.45) is 6.11. The van der Waals surface area contributed by atoms with Crippen LogP contribution in [0.15, 0.2) is 0 Å². The van der Waals surface area contributed by atoms with E-state index in [0.717, 1.165) is 12.3 Å². The number of rotatable bonds is 1. The molecule has 0 bridgehead atoms. The molecule has 1 heterocycles. The van der Waals surface area contributed by atoms with Gasteiger partial charge in [0.25, 0.3) is 0 Å². The standard InChI is InChI=1S/C9H16N2O/c10-9(12)8-5-6-3-1-2-4-7(6)11-8/h6-8,11H,1-5H2,(H2,10,12)/t6-,7+,8+/m0/s1. The molecular weight excluding hydrogens is 152 g/mol. The molecule has 1 saturated carbocycles. The third-order valence-electron chi connectivity index (χ3n) is 3.21. The molecule has 0 unspecified atom stereocenters. The molecule has 0 aromatic heterocycles. The summed E-state index contributed by atoms with van der Waals surface area (Å²) in [6.45, 7) is 0. The predicted molar refractivity (Wildman–Crippen MR) is 46.5 cm³/mol. The van der Waals surface area contributed by atoms with E-state index in [9.17, 15) is 4.79 Å². The Kier molecular flexibility index (Phi) is 2.05. The van der Waals surface area contributed by atoms with Crippen molar-refractivity contribution in [3.63, 3.8) is 0 Å². The van der Waals surface area contributed by atoms with Gasteiger partial charge in [-0.25, -0.2) is 0 Å². The van der Waals surface area contributed by atoms with E-state index in [0.29, 0.717) is 6.04 Å². The van der Waals surface area contributed by atoms with E-state index in [1.54, 1.807) is 0 Å². The lowest BCUT2D eigenvalue weighted by atomic mass is 9.85. The minimum absolute atomic E-state index is 0.0434. The number of nitrogens with two attached hydrogens (primary N) is 1. The van der Waals surface area contributed by atoms with Crippen molar-refractivity contribution in [3.8, 4) is 0 Å². The minimum atomic E-state index is -0.176. The van der Waals surface area contributed by atoms with Crippen LogP contribution in [0.2, 0.25) is 0 Å². The number of amides is 1. The zero-order chi connectivity index (χ0) is 8.55. The van der Waals surface area contributed by atoms with Crippen molar-refractivity contribution in [2.45, 2.75) is 44.2 Å². The highest BCUT2D eigenvalue weighted by Crippen LogP contribution is 2.32. The fourth-order valence-corrected chi connectivity index (χ4v) is 2.54. The van der Waals surface area contributed by atoms with Crippen LogP contribution in [-0.2, 0) is 4.79 Å². The van der Waals surface area contributed by atoms with E-state index in [1.807, 2.05) is 0 Å². The molecule has 2 fully saturated rings. The van der Waals surface area contributed by atoms with E-state index in [1.165, 1.54) is 25.7 Å². The third kappa shape index (κ3) is 1.33. The van der Waals surface area contributed by atoms with E-state index in [-0.39, 0.29) is 11.9 Å². The molecule has 1 saturated heterocycles. The van der Waals surface area contributed by atoms with Crippen molar-refractivity contribution in [3.05, 3.63) is 0 Å². The Morgan fingerprint density at radius 1 is 1.33 bits per heavy atom. The summed E-state index contributed by atoms with van der Waals surface area (Å²) in [6, 6.07) is 0.536. The van der Waals surface area contributed by atoms with Gasteiger partial charge < -0.3 is 11.1 Å². The molecule has 1 aliphatic heterocycles. The Labute approximate surface area is 72.7 Å². The second-order valence-electron chi connectivity index (χ2n) is 4.01. The van der Waals surface area contributed by atoms with Gasteiger partial charge in [-0.1, -0.05) is 12.8 Å². The highest BCUT2D eigenvalue weighted by molar-refractivity contribution is 5.80. The smallest absolute Gasteiger partial charge is 0.234 e. The first-order valence-corrected chi connectivity index (χ1v) is 4.83. The number of hydrogen-bond donors (Lipinski definition) is 2. The molecule has 0 spiro atoms. The summed E-state index contributed by atoms with van der Waals surface area (Å²) in [5.74, 6) is 0.542. The number of carbonyl (C=O) groups is 1. The SMILES string of the molecule is NC(=O)[C@H]1C[C@@H]2CCCC[C@H]2N1. The quantitative estimate of drug-likeness (QED) is 0.595. The van der Waals surface area contributed by atoms with Crippen molar-refractivity contribution in [1.82, 2.24) is 5.32 Å². The molecule has 12 heavy (non-hydrogen) atoms. The Balaban J connectivity index is 1.98. The highest BCUT2D eigenvalue weighted by Gasteiger charge is 2.37. The van der Waals surface area contributed by atoms with Crippen LogP contribution in [-0.4, -0.2) is 18.0 Å². The average molecular weight is 168 g/mol. The molecule has 1 aliphatic carbocycles. The van der Waals surface area contributed by atoms with E-state index < -0.39 is 0 Å². The number of hydrogen-bond acceptors (Lipinski definition) is 2. The molecule has 0 radical (unpaired) electrons. The Bertz CT molecular complexity index is 179. The van der Waals surface area contributed by atoms with Gasteiger partial charge in [-0.3, -0.25) is 4.79 Å². The van der Waals surface area contributed by atoms with Crippen molar-refractivity contribution in [1.29, 1.82) is 0 Å². The first-order valence-electron chi connectivity index (χ1n) is 4.83. The molecule has 2 rings (SSSR count). The summed E-state index contributed by atoms with van der Waals surface area (Å²) in [5, 5.41) is 3.32. The third-order valence-corrected chi connectivity index (χ3v) is 3.21. The zero-order valence-corrected chi connectivity index (χ0v) is 7.25. The highest BCUT2D eigenvalue weighted by atomic mass is 16.1. The number of nitrogens with one attached hydrogen (secondary N) is 1. The van der Waals surface area contributed by atoms with Gasteiger partial charge >= 0.3 is 0 Å². The van der Waals surface area contributed by atoms with Gasteiger partial charge in [0.15, 0.2) is 0 Å². The fraction of sp³-hybridized carbons (Fsp3) is 0.889. The molecule has 0 aromatic rings. The van der Waals surface area contributed by atoms with Gasteiger partial charge in [0.2, 0.25) is 5.91 Å². The van der Waals surface area contributed by atoms with Crippen LogP contribution in [0.3, 0.4) is 0 Å². The lowest BCUT2D eigenvalue weighted by Crippen LogP contribution is -2.40. The van der Waals surface area contributed by atoms with Crippen LogP contribution in [0, 0.1) is 5.92 Å². The zero-order valence-electron chi connectivity index (χ0n) is 7.25. The molecule has 3 nitrogen and oxygen atoms in total. The monoisotopic (exact) mass is 168 g/mol. The maximum atomic E-state index is 10.9. The molecule has 2 aliphatic rings. The van der Waals surface area contributed by atoms with Crippen LogP contribution < -0.4 is 11.1 Å². The first-order chi connectivity index (χ1) is 5.77. The van der Waals surface area contributed by atoms with Gasteiger partial charge in [0.05, 0.1) is 6.04 Å². The maximum absolute atomic E-state index is 10.9. The predicted octanol–water partition coefficient (Wildman–Crippen LogP) is 0.392. The van der Waals surface area contributed by atoms with Crippen LogP contribution in [0.1, 0.15) is 32.1 Å². The van der Waals surface area contributed by atoms with Gasteiger partial charge in [0, 0.05) is 6.04 Å². The van der Waals surface area contributed by atoms with E-state index >= 15 is 0 Å². The summed E-state index contributed by atoms with van der Waals surface area (Å²) in [5.41, 5.74) is 5.25. The average Bonchev–Trinajstić information content (AvgIpc) is 2.46. The van der Waals surface area contributed by atoms with Crippen LogP contribution >= 0.6 is 0 Å². The van der Waals surface area contributed by atoms with Crippen molar-refractivity contribution in [2.24, 2.45) is 11.7 Å². The maximum Gasteiger partial charge on any atom is 0.234 e. The Morgan fingerprint density at radius 2 is 2.08 bits per heavy atom. The molecule has 3 atom stereocenters. The molecule has 3 N–H and O–H groups in total. The second-order valence-corrected chi connectivity index (χ2v) is 4.01. The van der Waals surface area contributed by atoms with Crippen LogP contribution in [0.25, 0.3) is 0 Å². The number of primary amides is 1. The van der Waals surface area contributed by atoms with Gasteiger partial charge in [0.1, 0.15) is 0 Å². The molecule has 1 amide bonds. The molecule has 3 heteroatoms. The lowest BCUT2D eigenvalue weighted by Gasteiger charge is -2.24. The van der Waals surface area contributed by atoms with Gasteiger partial charge in [-0.15, -0.1) is 0 Å². The van der Waals surface area contributed by atoms with Crippen molar-refractivity contribution >= 4 is 5.91 Å².